The van der Waals surface area contributed by atoms with Crippen molar-refractivity contribution in [2.24, 2.45) is 0 Å². The highest BCUT2D eigenvalue weighted by Crippen LogP contribution is 2.30. The van der Waals surface area contributed by atoms with Gasteiger partial charge in [-0.3, -0.25) is 4.79 Å². The van der Waals surface area contributed by atoms with Crippen molar-refractivity contribution in [3.05, 3.63) is 29.8 Å². The van der Waals surface area contributed by atoms with Crippen LogP contribution in [0.1, 0.15) is 38.2 Å². The molecule has 1 aliphatic carbocycles. The van der Waals surface area contributed by atoms with Gasteiger partial charge in [0.05, 0.1) is 17.1 Å². The monoisotopic (exact) mass is 339 g/mol. The van der Waals surface area contributed by atoms with E-state index in [1.807, 2.05) is 0 Å². The van der Waals surface area contributed by atoms with Crippen LogP contribution in [0.25, 0.3) is 0 Å². The fourth-order valence-electron chi connectivity index (χ4n) is 2.88. The van der Waals surface area contributed by atoms with Crippen molar-refractivity contribution >= 4 is 21.7 Å². The molecule has 126 valence electrons. The van der Waals surface area contributed by atoms with Crippen LogP contribution in [-0.2, 0) is 25.8 Å². The molecule has 0 saturated heterocycles. The second-order valence-electron chi connectivity index (χ2n) is 5.87. The lowest BCUT2D eigenvalue weighted by atomic mass is 9.97. The van der Waals surface area contributed by atoms with Gasteiger partial charge >= 0.3 is 5.97 Å². The smallest absolute Gasteiger partial charge is 0.329 e. The van der Waals surface area contributed by atoms with Gasteiger partial charge in [-0.1, -0.05) is 31.9 Å². The molecule has 1 aromatic rings. The van der Waals surface area contributed by atoms with Crippen LogP contribution in [0.3, 0.4) is 0 Å². The maximum Gasteiger partial charge on any atom is 0.329 e. The van der Waals surface area contributed by atoms with E-state index in [2.05, 4.69) is 5.32 Å². The molecule has 1 saturated carbocycles. The Kier molecular flexibility index (Phi) is 5.09. The summed E-state index contributed by atoms with van der Waals surface area (Å²) >= 11 is 0. The number of rotatable bonds is 6. The number of carboxylic acid groups (broad SMARTS) is 1. The Bertz CT molecular complexity index is 705. The number of benzene rings is 1. The number of sulfone groups is 1. The second kappa shape index (κ2) is 6.70. The van der Waals surface area contributed by atoms with Crippen LogP contribution in [0.15, 0.2) is 29.2 Å². The number of hydrogen-bond donors (Lipinski definition) is 2. The fraction of sp³-hybridized carbons (Fsp3) is 0.500. The van der Waals surface area contributed by atoms with Gasteiger partial charge in [0.2, 0.25) is 5.91 Å². The molecule has 1 amide bonds. The predicted molar refractivity (Wildman–Crippen MR) is 84.9 cm³/mol. The number of carbonyl (C=O) groups is 2. The van der Waals surface area contributed by atoms with Crippen LogP contribution >= 0.6 is 0 Å². The SMILES string of the molecule is CCS(=O)(=O)c1cccc(CC(=O)NC2(C(=O)O)CCCC2)c1. The molecular weight excluding hydrogens is 318 g/mol. The summed E-state index contributed by atoms with van der Waals surface area (Å²) in [5.74, 6) is -1.42. The van der Waals surface area contributed by atoms with Gasteiger partial charge in [0, 0.05) is 0 Å². The Morgan fingerprint density at radius 2 is 1.91 bits per heavy atom. The minimum Gasteiger partial charge on any atom is -0.480 e. The van der Waals surface area contributed by atoms with Crippen LogP contribution < -0.4 is 5.32 Å². The van der Waals surface area contributed by atoms with Gasteiger partial charge in [-0.25, -0.2) is 13.2 Å². The quantitative estimate of drug-likeness (QED) is 0.819. The summed E-state index contributed by atoms with van der Waals surface area (Å²) in [4.78, 5) is 23.8. The molecule has 1 fully saturated rings. The topological polar surface area (TPSA) is 101 Å². The Morgan fingerprint density at radius 1 is 1.26 bits per heavy atom. The number of nitrogens with one attached hydrogen (secondary N) is 1. The zero-order chi connectivity index (χ0) is 17.1. The fourth-order valence-corrected chi connectivity index (χ4v) is 3.83. The lowest BCUT2D eigenvalue weighted by molar-refractivity contribution is -0.147. The minimum absolute atomic E-state index is 0.00915. The first-order chi connectivity index (χ1) is 10.8. The van der Waals surface area contributed by atoms with E-state index in [4.69, 9.17) is 0 Å². The molecule has 0 aromatic heterocycles. The molecule has 23 heavy (non-hydrogen) atoms. The zero-order valence-corrected chi connectivity index (χ0v) is 13.9. The average molecular weight is 339 g/mol. The number of carbonyl (C=O) groups excluding carboxylic acids is 1. The molecule has 0 aliphatic heterocycles. The number of carboxylic acids is 1. The molecule has 2 N–H and O–H groups in total. The summed E-state index contributed by atoms with van der Waals surface area (Å²) in [6, 6.07) is 6.22. The normalized spacial score (nSPS) is 16.9. The van der Waals surface area contributed by atoms with Gasteiger partial charge in [0.1, 0.15) is 5.54 Å². The highest BCUT2D eigenvalue weighted by molar-refractivity contribution is 7.91. The van der Waals surface area contributed by atoms with Crippen LogP contribution in [0.4, 0.5) is 0 Å². The summed E-state index contributed by atoms with van der Waals surface area (Å²) < 4.78 is 23.8. The minimum atomic E-state index is -3.33. The zero-order valence-electron chi connectivity index (χ0n) is 13.0. The third kappa shape index (κ3) is 3.90. The largest absolute Gasteiger partial charge is 0.480 e. The van der Waals surface area contributed by atoms with Crippen molar-refractivity contribution in [1.82, 2.24) is 5.32 Å². The lowest BCUT2D eigenvalue weighted by Crippen LogP contribution is -2.52. The first-order valence-electron chi connectivity index (χ1n) is 7.65. The van der Waals surface area contributed by atoms with E-state index in [0.717, 1.165) is 12.8 Å². The maximum absolute atomic E-state index is 12.2. The Morgan fingerprint density at radius 3 is 2.48 bits per heavy atom. The van der Waals surface area contributed by atoms with Gasteiger partial charge in [-0.2, -0.15) is 0 Å². The summed E-state index contributed by atoms with van der Waals surface area (Å²) in [6.07, 6.45) is 2.37. The molecule has 0 unspecified atom stereocenters. The van der Waals surface area contributed by atoms with Crippen LogP contribution in [0.5, 0.6) is 0 Å². The Balaban J connectivity index is 2.12. The summed E-state index contributed by atoms with van der Waals surface area (Å²) in [5, 5.41) is 12.0. The highest BCUT2D eigenvalue weighted by Gasteiger charge is 2.42. The molecular formula is C16H21NO5S. The first-order valence-corrected chi connectivity index (χ1v) is 9.30. The van der Waals surface area contributed by atoms with Crippen molar-refractivity contribution in [2.45, 2.75) is 49.5 Å². The van der Waals surface area contributed by atoms with Crippen molar-refractivity contribution in [3.63, 3.8) is 0 Å². The van der Waals surface area contributed by atoms with E-state index in [0.29, 0.717) is 18.4 Å². The van der Waals surface area contributed by atoms with Crippen LogP contribution in [0, 0.1) is 0 Å². The van der Waals surface area contributed by atoms with E-state index in [9.17, 15) is 23.1 Å². The van der Waals surface area contributed by atoms with E-state index in [1.54, 1.807) is 19.1 Å². The van der Waals surface area contributed by atoms with Crippen LogP contribution in [0.2, 0.25) is 0 Å². The maximum atomic E-state index is 12.2. The third-order valence-corrected chi connectivity index (χ3v) is 5.98. The predicted octanol–water partition coefficient (Wildman–Crippen LogP) is 1.54. The number of hydrogen-bond acceptors (Lipinski definition) is 4. The van der Waals surface area contributed by atoms with Gasteiger partial charge in [0.15, 0.2) is 9.84 Å². The number of aliphatic carboxylic acids is 1. The summed E-state index contributed by atoms with van der Waals surface area (Å²) in [6.45, 7) is 1.56. The van der Waals surface area contributed by atoms with Gasteiger partial charge in [0.25, 0.3) is 0 Å². The van der Waals surface area contributed by atoms with Gasteiger partial charge in [-0.05, 0) is 30.5 Å². The van der Waals surface area contributed by atoms with Gasteiger partial charge in [-0.15, -0.1) is 0 Å². The number of amides is 1. The van der Waals surface area contributed by atoms with Crippen molar-refractivity contribution in [2.75, 3.05) is 5.75 Å². The molecule has 1 aliphatic rings. The van der Waals surface area contributed by atoms with Crippen LogP contribution in [-0.4, -0.2) is 36.7 Å². The third-order valence-electron chi connectivity index (χ3n) is 4.25. The molecule has 0 bridgehead atoms. The average Bonchev–Trinajstić information content (AvgIpc) is 2.97. The van der Waals surface area contributed by atoms with Crippen molar-refractivity contribution in [3.8, 4) is 0 Å². The molecule has 7 heteroatoms. The lowest BCUT2D eigenvalue weighted by Gasteiger charge is -2.25. The van der Waals surface area contributed by atoms with Gasteiger partial charge < -0.3 is 10.4 Å². The molecule has 6 nitrogen and oxygen atoms in total. The van der Waals surface area contributed by atoms with E-state index in [-0.39, 0.29) is 17.1 Å². The molecule has 0 atom stereocenters. The Hall–Kier alpha value is -1.89. The molecule has 2 rings (SSSR count). The molecule has 0 spiro atoms. The Labute approximate surface area is 135 Å². The molecule has 1 aromatic carbocycles. The van der Waals surface area contributed by atoms with Crippen molar-refractivity contribution < 1.29 is 23.1 Å². The van der Waals surface area contributed by atoms with E-state index < -0.39 is 27.3 Å². The molecule has 0 radical (unpaired) electrons. The summed E-state index contributed by atoms with van der Waals surface area (Å²) in [5.41, 5.74) is -0.625. The second-order valence-corrected chi connectivity index (χ2v) is 8.15. The summed E-state index contributed by atoms with van der Waals surface area (Å²) in [7, 11) is -3.33. The molecule has 0 heterocycles. The highest BCUT2D eigenvalue weighted by atomic mass is 32.2. The van der Waals surface area contributed by atoms with Crippen molar-refractivity contribution in [1.29, 1.82) is 0 Å². The van der Waals surface area contributed by atoms with E-state index >= 15 is 0 Å². The first kappa shape index (κ1) is 17.5. The van der Waals surface area contributed by atoms with E-state index in [1.165, 1.54) is 12.1 Å². The standard InChI is InChI=1S/C16H21NO5S/c1-2-23(21,22)13-7-5-6-12(10-13)11-14(18)17-16(15(19)20)8-3-4-9-16/h5-7,10H,2-4,8-9,11H2,1H3,(H,17,18)(H,19,20).